The molecule has 0 aliphatic heterocycles. The lowest BCUT2D eigenvalue weighted by Gasteiger charge is -2.26. The molecule has 1 N–H and O–H groups in total. The predicted octanol–water partition coefficient (Wildman–Crippen LogP) is 1.87. The van der Waals surface area contributed by atoms with Crippen LogP contribution in [0.4, 0.5) is 0 Å². The van der Waals surface area contributed by atoms with E-state index in [9.17, 15) is 0 Å². The van der Waals surface area contributed by atoms with Gasteiger partial charge in [-0.05, 0) is 26.9 Å². The van der Waals surface area contributed by atoms with Gasteiger partial charge >= 0.3 is 0 Å². The minimum absolute atomic E-state index is 0.540. The molecule has 1 atom stereocenters. The number of hydrogen-bond donors (Lipinski definition) is 1. The van der Waals surface area contributed by atoms with Gasteiger partial charge in [-0.25, -0.2) is 0 Å². The molecule has 0 fully saturated rings. The topological polar surface area (TPSA) is 41.3 Å². The molecule has 4 heteroatoms. The highest BCUT2D eigenvalue weighted by atomic mass is 16.5. The van der Waals surface area contributed by atoms with Crippen molar-refractivity contribution in [1.29, 1.82) is 0 Å². The summed E-state index contributed by atoms with van der Waals surface area (Å²) in [6, 6.07) is 2.55. The third kappa shape index (κ3) is 3.61. The van der Waals surface area contributed by atoms with Crippen molar-refractivity contribution in [1.82, 2.24) is 15.4 Å². The van der Waals surface area contributed by atoms with Crippen LogP contribution in [0.2, 0.25) is 0 Å². The Hall–Kier alpha value is -0.870. The minimum Gasteiger partial charge on any atom is -0.360 e. The quantitative estimate of drug-likeness (QED) is 0.802. The molecule has 4 nitrogen and oxygen atoms in total. The first-order valence-electron chi connectivity index (χ1n) is 5.84. The standard InChI is InChI=1S/C12H23N3O/c1-9(2)10(3)15(5)8-12-6-11(7-13-4)14-16-12/h6,9-10,13H,7-8H2,1-5H3. The molecule has 0 saturated carbocycles. The van der Waals surface area contributed by atoms with Crippen LogP contribution < -0.4 is 5.32 Å². The van der Waals surface area contributed by atoms with E-state index >= 15 is 0 Å². The van der Waals surface area contributed by atoms with Crippen LogP contribution in [0.1, 0.15) is 32.2 Å². The molecular formula is C12H23N3O. The van der Waals surface area contributed by atoms with Crippen LogP contribution in [0, 0.1) is 5.92 Å². The van der Waals surface area contributed by atoms with E-state index in [4.69, 9.17) is 4.52 Å². The van der Waals surface area contributed by atoms with Gasteiger partial charge in [-0.2, -0.15) is 0 Å². The SMILES string of the molecule is CNCc1cc(CN(C)C(C)C(C)C)on1. The Morgan fingerprint density at radius 3 is 2.69 bits per heavy atom. The summed E-state index contributed by atoms with van der Waals surface area (Å²) < 4.78 is 5.29. The molecule has 1 heterocycles. The minimum atomic E-state index is 0.540. The second-order valence-corrected chi connectivity index (χ2v) is 4.71. The highest BCUT2D eigenvalue weighted by Crippen LogP contribution is 2.13. The zero-order valence-corrected chi connectivity index (χ0v) is 10.9. The predicted molar refractivity (Wildman–Crippen MR) is 65.0 cm³/mol. The van der Waals surface area contributed by atoms with Crippen LogP contribution in [-0.2, 0) is 13.1 Å². The van der Waals surface area contributed by atoms with E-state index in [0.717, 1.165) is 24.5 Å². The van der Waals surface area contributed by atoms with E-state index in [1.165, 1.54) is 0 Å². The third-order valence-electron chi connectivity index (χ3n) is 3.03. The van der Waals surface area contributed by atoms with Crippen molar-refractivity contribution in [3.05, 3.63) is 17.5 Å². The van der Waals surface area contributed by atoms with Crippen molar-refractivity contribution in [3.63, 3.8) is 0 Å². The first-order chi connectivity index (χ1) is 7.54. The molecule has 0 saturated heterocycles. The number of aromatic nitrogens is 1. The largest absolute Gasteiger partial charge is 0.360 e. The zero-order valence-electron chi connectivity index (χ0n) is 10.9. The Labute approximate surface area is 98.0 Å². The number of hydrogen-bond acceptors (Lipinski definition) is 4. The van der Waals surface area contributed by atoms with E-state index < -0.39 is 0 Å². The fraction of sp³-hybridized carbons (Fsp3) is 0.750. The summed E-state index contributed by atoms with van der Waals surface area (Å²) in [5.41, 5.74) is 0.961. The van der Waals surface area contributed by atoms with Crippen LogP contribution in [-0.4, -0.2) is 30.2 Å². The summed E-state index contributed by atoms with van der Waals surface area (Å²) >= 11 is 0. The van der Waals surface area contributed by atoms with Gasteiger partial charge in [-0.1, -0.05) is 19.0 Å². The van der Waals surface area contributed by atoms with Crippen LogP contribution in [0.15, 0.2) is 10.6 Å². The Balaban J connectivity index is 2.52. The molecule has 0 aliphatic carbocycles. The molecule has 0 aliphatic rings. The van der Waals surface area contributed by atoms with E-state index in [1.807, 2.05) is 13.1 Å². The molecule has 0 spiro atoms. The number of nitrogens with zero attached hydrogens (tertiary/aromatic N) is 2. The lowest BCUT2D eigenvalue weighted by molar-refractivity contribution is 0.180. The molecule has 0 radical (unpaired) electrons. The van der Waals surface area contributed by atoms with Crippen LogP contribution in [0.5, 0.6) is 0 Å². The van der Waals surface area contributed by atoms with Gasteiger partial charge in [-0.15, -0.1) is 0 Å². The lowest BCUT2D eigenvalue weighted by atomic mass is 10.1. The van der Waals surface area contributed by atoms with Crippen molar-refractivity contribution in [2.75, 3.05) is 14.1 Å². The molecule has 16 heavy (non-hydrogen) atoms. The Bertz CT molecular complexity index is 309. The van der Waals surface area contributed by atoms with Crippen LogP contribution in [0.3, 0.4) is 0 Å². The fourth-order valence-electron chi connectivity index (χ4n) is 1.59. The monoisotopic (exact) mass is 225 g/mol. The summed E-state index contributed by atoms with van der Waals surface area (Å²) in [5, 5.41) is 7.05. The van der Waals surface area contributed by atoms with Crippen LogP contribution in [0.25, 0.3) is 0 Å². The average molecular weight is 225 g/mol. The maximum absolute atomic E-state index is 5.29. The van der Waals surface area contributed by atoms with Gasteiger partial charge in [0.25, 0.3) is 0 Å². The molecule has 92 valence electrons. The second kappa shape index (κ2) is 6.01. The van der Waals surface area contributed by atoms with Crippen molar-refractivity contribution in [2.45, 2.75) is 39.9 Å². The van der Waals surface area contributed by atoms with Gasteiger partial charge in [0.15, 0.2) is 5.76 Å². The van der Waals surface area contributed by atoms with Crippen molar-refractivity contribution in [2.24, 2.45) is 5.92 Å². The summed E-state index contributed by atoms with van der Waals surface area (Å²) in [6.45, 7) is 8.26. The Morgan fingerprint density at radius 2 is 2.12 bits per heavy atom. The number of nitrogens with one attached hydrogen (secondary N) is 1. The van der Waals surface area contributed by atoms with E-state index in [0.29, 0.717) is 12.0 Å². The Morgan fingerprint density at radius 1 is 1.44 bits per heavy atom. The lowest BCUT2D eigenvalue weighted by Crippen LogP contribution is -2.32. The van der Waals surface area contributed by atoms with Gasteiger partial charge in [0.2, 0.25) is 0 Å². The zero-order chi connectivity index (χ0) is 12.1. The summed E-state index contributed by atoms with van der Waals surface area (Å²) in [6.07, 6.45) is 0. The van der Waals surface area contributed by atoms with Gasteiger partial charge in [0, 0.05) is 18.7 Å². The molecule has 1 unspecified atom stereocenters. The summed E-state index contributed by atoms with van der Waals surface area (Å²) in [7, 11) is 4.02. The normalized spacial score (nSPS) is 13.7. The third-order valence-corrected chi connectivity index (χ3v) is 3.03. The van der Waals surface area contributed by atoms with Gasteiger partial charge < -0.3 is 9.84 Å². The van der Waals surface area contributed by atoms with Gasteiger partial charge in [0.1, 0.15) is 0 Å². The average Bonchev–Trinajstić information content (AvgIpc) is 2.65. The van der Waals surface area contributed by atoms with Crippen LogP contribution >= 0.6 is 0 Å². The summed E-state index contributed by atoms with van der Waals surface area (Å²) in [5.74, 6) is 1.57. The van der Waals surface area contributed by atoms with Crippen molar-refractivity contribution >= 4 is 0 Å². The van der Waals surface area contributed by atoms with Crippen molar-refractivity contribution in [3.8, 4) is 0 Å². The van der Waals surface area contributed by atoms with E-state index in [-0.39, 0.29) is 0 Å². The maximum Gasteiger partial charge on any atom is 0.151 e. The van der Waals surface area contributed by atoms with Gasteiger partial charge in [0.05, 0.1) is 12.2 Å². The molecule has 0 amide bonds. The molecule has 0 bridgehead atoms. The first-order valence-corrected chi connectivity index (χ1v) is 5.84. The number of rotatable bonds is 6. The van der Waals surface area contributed by atoms with Gasteiger partial charge in [-0.3, -0.25) is 4.90 Å². The highest BCUT2D eigenvalue weighted by molar-refractivity contribution is 5.05. The van der Waals surface area contributed by atoms with E-state index in [1.54, 1.807) is 0 Å². The molecular weight excluding hydrogens is 202 g/mol. The summed E-state index contributed by atoms with van der Waals surface area (Å²) in [4.78, 5) is 2.29. The fourth-order valence-corrected chi connectivity index (χ4v) is 1.59. The maximum atomic E-state index is 5.29. The smallest absolute Gasteiger partial charge is 0.151 e. The Kier molecular flexibility index (Phi) is 4.96. The molecule has 1 rings (SSSR count). The van der Waals surface area contributed by atoms with Crippen molar-refractivity contribution < 1.29 is 4.52 Å². The molecule has 0 aromatic carbocycles. The molecule has 1 aromatic heterocycles. The second-order valence-electron chi connectivity index (χ2n) is 4.71. The van der Waals surface area contributed by atoms with E-state index in [2.05, 4.69) is 43.2 Å². The molecule has 1 aromatic rings. The highest BCUT2D eigenvalue weighted by Gasteiger charge is 2.15. The first kappa shape index (κ1) is 13.2.